The van der Waals surface area contributed by atoms with Crippen LogP contribution in [0.2, 0.25) is 0 Å². The Morgan fingerprint density at radius 3 is 2.35 bits per heavy atom. The molecule has 0 aromatic heterocycles. The van der Waals surface area contributed by atoms with Gasteiger partial charge < -0.3 is 4.74 Å². The smallest absolute Gasteiger partial charge is 0.321 e. The predicted molar refractivity (Wildman–Crippen MR) is 87.3 cm³/mol. The molecule has 23 heavy (non-hydrogen) atoms. The first kappa shape index (κ1) is 17.2. The van der Waals surface area contributed by atoms with Crippen molar-refractivity contribution in [1.29, 1.82) is 0 Å². The van der Waals surface area contributed by atoms with Gasteiger partial charge in [-0.25, -0.2) is 8.42 Å². The van der Waals surface area contributed by atoms with Gasteiger partial charge in [-0.1, -0.05) is 42.0 Å². The van der Waals surface area contributed by atoms with Crippen molar-refractivity contribution in [2.75, 3.05) is 6.54 Å². The lowest BCUT2D eigenvalue weighted by Gasteiger charge is -2.09. The van der Waals surface area contributed by atoms with Crippen molar-refractivity contribution in [3.05, 3.63) is 65.2 Å². The summed E-state index contributed by atoms with van der Waals surface area (Å²) < 4.78 is 31.5. The molecule has 2 aromatic rings. The number of nitrogens with one attached hydrogen (secondary N) is 1. The van der Waals surface area contributed by atoms with E-state index < -0.39 is 22.5 Å². The van der Waals surface area contributed by atoms with Crippen molar-refractivity contribution in [2.24, 2.45) is 0 Å². The van der Waals surface area contributed by atoms with E-state index >= 15 is 0 Å². The molecule has 0 aliphatic heterocycles. The van der Waals surface area contributed by atoms with Gasteiger partial charge in [0.05, 0.1) is 4.90 Å². The lowest BCUT2D eigenvalue weighted by molar-refractivity contribution is -0.143. The zero-order valence-corrected chi connectivity index (χ0v) is 13.9. The summed E-state index contributed by atoms with van der Waals surface area (Å²) in [5.41, 5.74) is 2.87. The van der Waals surface area contributed by atoms with E-state index in [0.717, 1.165) is 16.7 Å². The summed E-state index contributed by atoms with van der Waals surface area (Å²) in [6, 6.07) is 13.9. The molecule has 0 fully saturated rings. The first-order valence-electron chi connectivity index (χ1n) is 7.15. The summed E-state index contributed by atoms with van der Waals surface area (Å²) in [6.45, 7) is 3.51. The summed E-state index contributed by atoms with van der Waals surface area (Å²) in [4.78, 5) is 11.8. The van der Waals surface area contributed by atoms with E-state index in [2.05, 4.69) is 4.72 Å². The maximum absolute atomic E-state index is 12.1. The first-order valence-corrected chi connectivity index (χ1v) is 8.63. The molecule has 0 amide bonds. The number of rotatable bonds is 6. The predicted octanol–water partition coefficient (Wildman–Crippen LogP) is 2.33. The van der Waals surface area contributed by atoms with Gasteiger partial charge in [-0.05, 0) is 37.1 Å². The van der Waals surface area contributed by atoms with E-state index in [1.165, 1.54) is 12.1 Å². The van der Waals surface area contributed by atoms with E-state index in [-0.39, 0.29) is 11.5 Å². The molecule has 0 saturated heterocycles. The highest BCUT2D eigenvalue weighted by Crippen LogP contribution is 2.10. The molecule has 1 N–H and O–H groups in total. The molecule has 0 aliphatic carbocycles. The quantitative estimate of drug-likeness (QED) is 0.824. The van der Waals surface area contributed by atoms with Gasteiger partial charge in [-0.2, -0.15) is 4.72 Å². The third-order valence-electron chi connectivity index (χ3n) is 3.39. The summed E-state index contributed by atoms with van der Waals surface area (Å²) in [6.07, 6.45) is 0. The number of hydrogen-bond acceptors (Lipinski definition) is 4. The topological polar surface area (TPSA) is 72.5 Å². The molecule has 0 atom stereocenters. The van der Waals surface area contributed by atoms with Crippen LogP contribution >= 0.6 is 0 Å². The highest BCUT2D eigenvalue weighted by Gasteiger charge is 2.15. The lowest BCUT2D eigenvalue weighted by Crippen LogP contribution is -2.30. The van der Waals surface area contributed by atoms with E-state index in [9.17, 15) is 13.2 Å². The third kappa shape index (κ3) is 4.91. The SMILES string of the molecule is Cc1ccc(S(=O)(=O)NCC(=O)OCc2ccccc2C)cc1. The van der Waals surface area contributed by atoms with Crippen molar-refractivity contribution >= 4 is 16.0 Å². The highest BCUT2D eigenvalue weighted by molar-refractivity contribution is 7.89. The van der Waals surface area contributed by atoms with Crippen LogP contribution in [0.4, 0.5) is 0 Å². The standard InChI is InChI=1S/C17H19NO4S/c1-13-7-9-16(10-8-13)23(20,21)18-11-17(19)22-12-15-6-4-3-5-14(15)2/h3-10,18H,11-12H2,1-2H3. The summed E-state index contributed by atoms with van der Waals surface area (Å²) in [7, 11) is -3.71. The molecule has 0 radical (unpaired) electrons. The normalized spacial score (nSPS) is 11.2. The van der Waals surface area contributed by atoms with Crippen LogP contribution < -0.4 is 4.72 Å². The Bertz CT molecular complexity index is 782. The van der Waals surface area contributed by atoms with Gasteiger partial charge in [0, 0.05) is 0 Å². The number of benzene rings is 2. The van der Waals surface area contributed by atoms with Crippen LogP contribution in [0.3, 0.4) is 0 Å². The minimum Gasteiger partial charge on any atom is -0.460 e. The van der Waals surface area contributed by atoms with E-state index in [1.54, 1.807) is 12.1 Å². The van der Waals surface area contributed by atoms with Crippen molar-refractivity contribution in [1.82, 2.24) is 4.72 Å². The number of hydrogen-bond donors (Lipinski definition) is 1. The van der Waals surface area contributed by atoms with Crippen LogP contribution in [-0.4, -0.2) is 20.9 Å². The second kappa shape index (κ2) is 7.39. The number of carbonyl (C=O) groups excluding carboxylic acids is 1. The number of sulfonamides is 1. The molecule has 2 aromatic carbocycles. The third-order valence-corrected chi connectivity index (χ3v) is 4.80. The maximum atomic E-state index is 12.1. The Morgan fingerprint density at radius 1 is 1.04 bits per heavy atom. The Kier molecular flexibility index (Phi) is 5.52. The number of esters is 1. The fourth-order valence-electron chi connectivity index (χ4n) is 1.94. The molecule has 0 unspecified atom stereocenters. The Labute approximate surface area is 136 Å². The molecule has 0 aliphatic rings. The average Bonchev–Trinajstić information content (AvgIpc) is 2.53. The van der Waals surface area contributed by atoms with Crippen LogP contribution in [0.15, 0.2) is 53.4 Å². The number of carbonyl (C=O) groups is 1. The highest BCUT2D eigenvalue weighted by atomic mass is 32.2. The van der Waals surface area contributed by atoms with E-state index in [4.69, 9.17) is 4.74 Å². The summed E-state index contributed by atoms with van der Waals surface area (Å²) in [5.74, 6) is -0.621. The molecule has 122 valence electrons. The van der Waals surface area contributed by atoms with Gasteiger partial charge in [0.1, 0.15) is 13.2 Å². The largest absolute Gasteiger partial charge is 0.460 e. The van der Waals surface area contributed by atoms with Crippen molar-refractivity contribution in [3.63, 3.8) is 0 Å². The maximum Gasteiger partial charge on any atom is 0.321 e. The molecule has 5 nitrogen and oxygen atoms in total. The summed E-state index contributed by atoms with van der Waals surface area (Å²) in [5, 5.41) is 0. The molecular weight excluding hydrogens is 314 g/mol. The number of aryl methyl sites for hydroxylation is 2. The molecular formula is C17H19NO4S. The monoisotopic (exact) mass is 333 g/mol. The second-order valence-corrected chi connectivity index (χ2v) is 6.99. The fraction of sp³-hybridized carbons (Fsp3) is 0.235. The number of ether oxygens (including phenoxy) is 1. The molecule has 0 heterocycles. The van der Waals surface area contributed by atoms with Gasteiger partial charge in [-0.15, -0.1) is 0 Å². The average molecular weight is 333 g/mol. The van der Waals surface area contributed by atoms with Gasteiger partial charge in [-0.3, -0.25) is 4.79 Å². The molecule has 6 heteroatoms. The zero-order chi connectivity index (χ0) is 16.9. The van der Waals surface area contributed by atoms with Gasteiger partial charge >= 0.3 is 5.97 Å². The molecule has 0 spiro atoms. The van der Waals surface area contributed by atoms with Gasteiger partial charge in [0.25, 0.3) is 0 Å². The first-order chi connectivity index (χ1) is 10.9. The minimum atomic E-state index is -3.71. The Morgan fingerprint density at radius 2 is 1.70 bits per heavy atom. The minimum absolute atomic E-state index is 0.120. The van der Waals surface area contributed by atoms with Crippen LogP contribution in [0.5, 0.6) is 0 Å². The lowest BCUT2D eigenvalue weighted by atomic mass is 10.1. The van der Waals surface area contributed by atoms with Crippen LogP contribution in [0, 0.1) is 13.8 Å². The Balaban J connectivity index is 1.89. The van der Waals surface area contributed by atoms with E-state index in [1.807, 2.05) is 38.1 Å². The summed E-state index contributed by atoms with van der Waals surface area (Å²) >= 11 is 0. The molecule has 0 saturated carbocycles. The van der Waals surface area contributed by atoms with Crippen molar-refractivity contribution in [2.45, 2.75) is 25.3 Å². The second-order valence-electron chi connectivity index (χ2n) is 5.22. The Hall–Kier alpha value is -2.18. The van der Waals surface area contributed by atoms with Crippen LogP contribution in [-0.2, 0) is 26.2 Å². The molecule has 2 rings (SSSR count). The van der Waals surface area contributed by atoms with Gasteiger partial charge in [0.15, 0.2) is 0 Å². The van der Waals surface area contributed by atoms with E-state index in [0.29, 0.717) is 0 Å². The fourth-order valence-corrected chi connectivity index (χ4v) is 2.90. The van der Waals surface area contributed by atoms with Crippen LogP contribution in [0.25, 0.3) is 0 Å². The van der Waals surface area contributed by atoms with Crippen molar-refractivity contribution < 1.29 is 17.9 Å². The van der Waals surface area contributed by atoms with Crippen LogP contribution in [0.1, 0.15) is 16.7 Å². The van der Waals surface area contributed by atoms with Crippen molar-refractivity contribution in [3.8, 4) is 0 Å². The zero-order valence-electron chi connectivity index (χ0n) is 13.1. The van der Waals surface area contributed by atoms with Gasteiger partial charge in [0.2, 0.25) is 10.0 Å². The molecule has 0 bridgehead atoms.